The molecule has 0 aromatic heterocycles. The molecule has 0 spiro atoms. The van der Waals surface area contributed by atoms with Crippen molar-refractivity contribution in [3.63, 3.8) is 0 Å². The van der Waals surface area contributed by atoms with Crippen LogP contribution >= 0.6 is 11.6 Å². The summed E-state index contributed by atoms with van der Waals surface area (Å²) in [6.07, 6.45) is 1.14. The van der Waals surface area contributed by atoms with Gasteiger partial charge in [-0.1, -0.05) is 54.1 Å². The number of ether oxygens (including phenoxy) is 1. The first-order chi connectivity index (χ1) is 18.0. The molecule has 3 aromatic rings. The molecule has 1 N–H and O–H groups in total. The number of benzene rings is 3. The van der Waals surface area contributed by atoms with Gasteiger partial charge in [0.2, 0.25) is 21.8 Å². The van der Waals surface area contributed by atoms with E-state index in [0.29, 0.717) is 5.56 Å². The number of amides is 2. The van der Waals surface area contributed by atoms with Gasteiger partial charge in [-0.3, -0.25) is 13.9 Å². The van der Waals surface area contributed by atoms with E-state index in [9.17, 15) is 22.4 Å². The summed E-state index contributed by atoms with van der Waals surface area (Å²) in [6, 6.07) is 18.1. The predicted octanol–water partition coefficient (Wildman–Crippen LogP) is 3.64. The Bertz CT molecular complexity index is 1370. The maximum Gasteiger partial charge on any atom is 0.244 e. The van der Waals surface area contributed by atoms with Gasteiger partial charge < -0.3 is 15.0 Å². The Balaban J connectivity index is 2.06. The fourth-order valence-electron chi connectivity index (χ4n) is 3.96. The number of anilines is 1. The molecule has 202 valence electrons. The summed E-state index contributed by atoms with van der Waals surface area (Å²) in [7, 11) is -1.16. The lowest BCUT2D eigenvalue weighted by Crippen LogP contribution is -2.52. The first-order valence-corrected chi connectivity index (χ1v) is 13.9. The van der Waals surface area contributed by atoms with Gasteiger partial charge in [0, 0.05) is 25.0 Å². The van der Waals surface area contributed by atoms with Gasteiger partial charge in [-0.15, -0.1) is 0 Å². The zero-order valence-corrected chi connectivity index (χ0v) is 22.8. The van der Waals surface area contributed by atoms with Gasteiger partial charge >= 0.3 is 0 Å². The molecule has 0 aliphatic carbocycles. The Morgan fingerprint density at radius 3 is 2.26 bits per heavy atom. The second-order valence-corrected chi connectivity index (χ2v) is 10.9. The molecule has 0 bridgehead atoms. The molecule has 0 saturated heterocycles. The van der Waals surface area contributed by atoms with Crippen LogP contribution in [0.25, 0.3) is 0 Å². The Kier molecular flexibility index (Phi) is 9.71. The highest BCUT2D eigenvalue weighted by Gasteiger charge is 2.33. The summed E-state index contributed by atoms with van der Waals surface area (Å²) in [6.45, 7) is -0.687. The topological polar surface area (TPSA) is 96.0 Å². The van der Waals surface area contributed by atoms with Crippen molar-refractivity contribution in [2.24, 2.45) is 0 Å². The number of sulfonamides is 1. The van der Waals surface area contributed by atoms with E-state index in [2.05, 4.69) is 5.32 Å². The molecule has 0 aliphatic rings. The highest BCUT2D eigenvalue weighted by atomic mass is 35.5. The summed E-state index contributed by atoms with van der Waals surface area (Å²) in [5, 5.41) is 2.84. The van der Waals surface area contributed by atoms with E-state index in [1.807, 2.05) is 30.3 Å². The van der Waals surface area contributed by atoms with Crippen LogP contribution < -0.4 is 14.4 Å². The Morgan fingerprint density at radius 2 is 1.68 bits per heavy atom. The average Bonchev–Trinajstić information content (AvgIpc) is 2.89. The van der Waals surface area contributed by atoms with Crippen molar-refractivity contribution >= 4 is 39.1 Å². The molecule has 0 aliphatic heterocycles. The average molecular weight is 562 g/mol. The molecule has 1 atom stereocenters. The number of methoxy groups -OCH3 is 1. The smallest absolute Gasteiger partial charge is 0.244 e. The fraction of sp³-hybridized carbons (Fsp3) is 0.259. The van der Waals surface area contributed by atoms with Gasteiger partial charge in [-0.05, 0) is 41.5 Å². The standard InChI is InChI=1S/C27H29ClFN3O5S/c1-30-27(34)24(15-19-7-5-4-6-8-19)31(17-20-9-12-22(29)13-10-20)26(33)18-32(38(3,35)36)23-16-21(28)11-14-25(23)37-2/h4-14,16,24H,15,17-18H2,1-3H3,(H,30,34)/t24-/m0/s1. The number of hydrogen-bond donors (Lipinski definition) is 1. The molecule has 0 saturated carbocycles. The summed E-state index contributed by atoms with van der Waals surface area (Å²) < 4.78 is 45.5. The second-order valence-electron chi connectivity index (χ2n) is 8.55. The van der Waals surface area contributed by atoms with Gasteiger partial charge in [-0.2, -0.15) is 0 Å². The van der Waals surface area contributed by atoms with Crippen molar-refractivity contribution in [3.8, 4) is 5.75 Å². The van der Waals surface area contributed by atoms with Crippen molar-refractivity contribution < 1.29 is 27.1 Å². The zero-order valence-electron chi connectivity index (χ0n) is 21.2. The van der Waals surface area contributed by atoms with Crippen LogP contribution in [0, 0.1) is 5.82 Å². The Labute approximate surface area is 227 Å². The predicted molar refractivity (Wildman–Crippen MR) is 145 cm³/mol. The Morgan fingerprint density at radius 1 is 1.03 bits per heavy atom. The third kappa shape index (κ3) is 7.45. The van der Waals surface area contributed by atoms with E-state index in [1.54, 1.807) is 0 Å². The summed E-state index contributed by atoms with van der Waals surface area (Å²) in [4.78, 5) is 28.2. The van der Waals surface area contributed by atoms with E-state index >= 15 is 0 Å². The van der Waals surface area contributed by atoms with Crippen LogP contribution in [0.1, 0.15) is 11.1 Å². The maximum atomic E-state index is 13.9. The van der Waals surface area contributed by atoms with Gasteiger partial charge in [0.15, 0.2) is 0 Å². The van der Waals surface area contributed by atoms with Crippen LogP contribution in [0.2, 0.25) is 5.02 Å². The van der Waals surface area contributed by atoms with Crippen LogP contribution in [-0.4, -0.2) is 58.1 Å². The lowest BCUT2D eigenvalue weighted by Gasteiger charge is -2.33. The number of likely N-dealkylation sites (N-methyl/N-ethyl adjacent to an activating group) is 1. The minimum atomic E-state index is -3.99. The number of carbonyl (C=O) groups excluding carboxylic acids is 2. The lowest BCUT2D eigenvalue weighted by molar-refractivity contribution is -0.139. The van der Waals surface area contributed by atoms with E-state index in [1.165, 1.54) is 61.5 Å². The first-order valence-electron chi connectivity index (χ1n) is 11.6. The third-order valence-corrected chi connectivity index (χ3v) is 7.23. The molecule has 0 heterocycles. The molecule has 8 nitrogen and oxygen atoms in total. The van der Waals surface area contributed by atoms with Crippen LogP contribution in [-0.2, 0) is 32.6 Å². The van der Waals surface area contributed by atoms with E-state index < -0.39 is 40.2 Å². The first kappa shape index (κ1) is 28.9. The number of carbonyl (C=O) groups is 2. The number of nitrogens with zero attached hydrogens (tertiary/aromatic N) is 2. The van der Waals surface area contributed by atoms with Crippen molar-refractivity contribution in [2.45, 2.75) is 19.0 Å². The Hall–Kier alpha value is -3.63. The van der Waals surface area contributed by atoms with Crippen molar-refractivity contribution in [1.82, 2.24) is 10.2 Å². The van der Waals surface area contributed by atoms with Gasteiger partial charge in [0.05, 0.1) is 19.1 Å². The lowest BCUT2D eigenvalue weighted by atomic mass is 10.0. The normalized spacial score (nSPS) is 11.9. The van der Waals surface area contributed by atoms with Crippen molar-refractivity contribution in [1.29, 1.82) is 0 Å². The third-order valence-electron chi connectivity index (χ3n) is 5.87. The summed E-state index contributed by atoms with van der Waals surface area (Å²) in [5.41, 5.74) is 1.44. The number of rotatable bonds is 11. The number of halogens is 2. The fourth-order valence-corrected chi connectivity index (χ4v) is 4.97. The monoisotopic (exact) mass is 561 g/mol. The van der Waals surface area contributed by atoms with Crippen molar-refractivity contribution in [2.75, 3.05) is 31.3 Å². The maximum absolute atomic E-state index is 13.9. The highest BCUT2D eigenvalue weighted by Crippen LogP contribution is 2.33. The summed E-state index contributed by atoms with van der Waals surface area (Å²) >= 11 is 6.13. The largest absolute Gasteiger partial charge is 0.495 e. The number of hydrogen-bond acceptors (Lipinski definition) is 5. The van der Waals surface area contributed by atoms with Gasteiger partial charge in [-0.25, -0.2) is 12.8 Å². The van der Waals surface area contributed by atoms with Crippen LogP contribution in [0.5, 0.6) is 5.75 Å². The van der Waals surface area contributed by atoms with Crippen LogP contribution in [0.15, 0.2) is 72.8 Å². The minimum absolute atomic E-state index is 0.0612. The molecule has 11 heteroatoms. The molecular weight excluding hydrogens is 533 g/mol. The van der Waals surface area contributed by atoms with Gasteiger partial charge in [0.1, 0.15) is 24.2 Å². The second kappa shape index (κ2) is 12.7. The van der Waals surface area contributed by atoms with E-state index in [0.717, 1.165) is 16.1 Å². The van der Waals surface area contributed by atoms with Crippen molar-refractivity contribution in [3.05, 3.63) is 94.8 Å². The summed E-state index contributed by atoms with van der Waals surface area (Å²) in [5.74, 6) is -1.33. The van der Waals surface area contributed by atoms with Gasteiger partial charge in [0.25, 0.3) is 0 Å². The number of nitrogens with one attached hydrogen (secondary N) is 1. The molecule has 3 aromatic carbocycles. The van der Waals surface area contributed by atoms with E-state index in [-0.39, 0.29) is 29.4 Å². The minimum Gasteiger partial charge on any atom is -0.495 e. The molecule has 0 radical (unpaired) electrons. The van der Waals surface area contributed by atoms with Crippen LogP contribution in [0.4, 0.5) is 10.1 Å². The van der Waals surface area contributed by atoms with Crippen LogP contribution in [0.3, 0.4) is 0 Å². The molecule has 0 fully saturated rings. The molecular formula is C27H29ClFN3O5S. The molecule has 2 amide bonds. The quantitative estimate of drug-likeness (QED) is 0.386. The molecule has 38 heavy (non-hydrogen) atoms. The zero-order chi connectivity index (χ0) is 27.9. The SMILES string of the molecule is CNC(=O)[C@H](Cc1ccccc1)N(Cc1ccc(F)cc1)C(=O)CN(c1cc(Cl)ccc1OC)S(C)(=O)=O. The highest BCUT2D eigenvalue weighted by molar-refractivity contribution is 7.92. The molecule has 0 unspecified atom stereocenters. The van der Waals surface area contributed by atoms with E-state index in [4.69, 9.17) is 16.3 Å². The molecule has 3 rings (SSSR count).